The number of anilines is 1. The summed E-state index contributed by atoms with van der Waals surface area (Å²) in [5, 5.41) is 5.75. The number of nitrogens with one attached hydrogen (secondary N) is 1. The van der Waals surface area contributed by atoms with Gasteiger partial charge in [0.15, 0.2) is 6.10 Å². The van der Waals surface area contributed by atoms with Crippen LogP contribution in [-0.2, 0) is 4.79 Å². The summed E-state index contributed by atoms with van der Waals surface area (Å²) in [6.45, 7) is 1.90. The van der Waals surface area contributed by atoms with E-state index >= 15 is 0 Å². The Morgan fingerprint density at radius 3 is 2.64 bits per heavy atom. The highest BCUT2D eigenvalue weighted by Crippen LogP contribution is 2.28. The van der Waals surface area contributed by atoms with Crippen molar-refractivity contribution < 1.29 is 9.53 Å². The SMILES string of the molecule is CC[C@@H](Oc1cccc2ccccc12)C(=O)Nc1cc(Cl)ccc1Cl. The van der Waals surface area contributed by atoms with Crippen LogP contribution in [0.5, 0.6) is 5.75 Å². The minimum Gasteiger partial charge on any atom is -0.480 e. The summed E-state index contributed by atoms with van der Waals surface area (Å²) in [6, 6.07) is 18.6. The lowest BCUT2D eigenvalue weighted by molar-refractivity contribution is -0.122. The molecule has 25 heavy (non-hydrogen) atoms. The summed E-state index contributed by atoms with van der Waals surface area (Å²) < 4.78 is 5.99. The van der Waals surface area contributed by atoms with Crippen LogP contribution in [0.4, 0.5) is 5.69 Å². The van der Waals surface area contributed by atoms with E-state index in [1.807, 2.05) is 49.4 Å². The normalized spacial score (nSPS) is 12.0. The van der Waals surface area contributed by atoms with Crippen molar-refractivity contribution in [3.05, 3.63) is 70.7 Å². The number of benzene rings is 3. The molecule has 0 bridgehead atoms. The topological polar surface area (TPSA) is 38.3 Å². The van der Waals surface area contributed by atoms with Crippen LogP contribution < -0.4 is 10.1 Å². The Balaban J connectivity index is 1.82. The number of amides is 1. The Kier molecular flexibility index (Phi) is 5.47. The van der Waals surface area contributed by atoms with Crippen molar-refractivity contribution in [2.75, 3.05) is 5.32 Å². The van der Waals surface area contributed by atoms with Gasteiger partial charge in [-0.15, -0.1) is 0 Å². The molecule has 0 unspecified atom stereocenters. The van der Waals surface area contributed by atoms with Gasteiger partial charge in [0, 0.05) is 10.4 Å². The van der Waals surface area contributed by atoms with E-state index in [2.05, 4.69) is 5.32 Å². The van der Waals surface area contributed by atoms with E-state index < -0.39 is 6.10 Å². The summed E-state index contributed by atoms with van der Waals surface area (Å²) in [5.74, 6) is 0.414. The van der Waals surface area contributed by atoms with Crippen LogP contribution in [0.25, 0.3) is 10.8 Å². The molecule has 0 heterocycles. The molecule has 0 aromatic heterocycles. The maximum absolute atomic E-state index is 12.6. The first-order valence-corrected chi connectivity index (χ1v) is 8.74. The van der Waals surface area contributed by atoms with Crippen molar-refractivity contribution in [3.63, 3.8) is 0 Å². The third kappa shape index (κ3) is 4.06. The molecular formula is C20H17Cl2NO2. The van der Waals surface area contributed by atoms with E-state index in [9.17, 15) is 4.79 Å². The van der Waals surface area contributed by atoms with Gasteiger partial charge in [-0.3, -0.25) is 4.79 Å². The van der Waals surface area contributed by atoms with Crippen LogP contribution in [0.3, 0.4) is 0 Å². The summed E-state index contributed by atoms with van der Waals surface area (Å²) in [7, 11) is 0. The molecule has 0 spiro atoms. The van der Waals surface area contributed by atoms with Gasteiger partial charge in [-0.25, -0.2) is 0 Å². The van der Waals surface area contributed by atoms with Crippen molar-refractivity contribution in [2.45, 2.75) is 19.4 Å². The van der Waals surface area contributed by atoms with Gasteiger partial charge in [0.25, 0.3) is 5.91 Å². The highest BCUT2D eigenvalue weighted by molar-refractivity contribution is 6.35. The van der Waals surface area contributed by atoms with Crippen LogP contribution in [0, 0.1) is 0 Å². The van der Waals surface area contributed by atoms with Crippen LogP contribution in [-0.4, -0.2) is 12.0 Å². The first-order valence-electron chi connectivity index (χ1n) is 7.99. The zero-order valence-corrected chi connectivity index (χ0v) is 15.1. The zero-order valence-electron chi connectivity index (χ0n) is 13.6. The van der Waals surface area contributed by atoms with Gasteiger partial charge in [0.2, 0.25) is 0 Å². The highest BCUT2D eigenvalue weighted by atomic mass is 35.5. The van der Waals surface area contributed by atoms with E-state index in [1.54, 1.807) is 18.2 Å². The van der Waals surface area contributed by atoms with Crippen LogP contribution >= 0.6 is 23.2 Å². The van der Waals surface area contributed by atoms with E-state index in [0.717, 1.165) is 10.8 Å². The molecule has 0 aliphatic heterocycles. The van der Waals surface area contributed by atoms with E-state index in [0.29, 0.717) is 27.9 Å². The third-order valence-electron chi connectivity index (χ3n) is 3.87. The standard InChI is InChI=1S/C20H17Cl2NO2/c1-2-18(20(24)23-17-12-14(21)10-11-16(17)22)25-19-9-5-7-13-6-3-4-8-15(13)19/h3-12,18H,2H2,1H3,(H,23,24)/t18-/m1/s1. The number of hydrogen-bond donors (Lipinski definition) is 1. The summed E-state index contributed by atoms with van der Waals surface area (Å²) in [6.07, 6.45) is -0.117. The number of carbonyl (C=O) groups excluding carboxylic acids is 1. The van der Waals surface area contributed by atoms with Crippen molar-refractivity contribution in [1.82, 2.24) is 0 Å². The smallest absolute Gasteiger partial charge is 0.265 e. The maximum Gasteiger partial charge on any atom is 0.265 e. The van der Waals surface area contributed by atoms with Crippen LogP contribution in [0.1, 0.15) is 13.3 Å². The highest BCUT2D eigenvalue weighted by Gasteiger charge is 2.20. The predicted molar refractivity (Wildman–Crippen MR) is 104 cm³/mol. The van der Waals surface area contributed by atoms with Gasteiger partial charge in [0.1, 0.15) is 5.75 Å². The average Bonchev–Trinajstić information content (AvgIpc) is 2.62. The minimum absolute atomic E-state index is 0.264. The second kappa shape index (κ2) is 7.77. The predicted octanol–water partition coefficient (Wildman–Crippen LogP) is 5.94. The molecule has 128 valence electrons. The van der Waals surface area contributed by atoms with Crippen LogP contribution in [0.15, 0.2) is 60.7 Å². The molecule has 0 saturated heterocycles. The first-order chi connectivity index (χ1) is 12.1. The number of rotatable bonds is 5. The van der Waals surface area contributed by atoms with E-state index in [1.165, 1.54) is 0 Å². The van der Waals surface area contributed by atoms with Gasteiger partial charge in [-0.05, 0) is 36.1 Å². The zero-order chi connectivity index (χ0) is 17.8. The number of carbonyl (C=O) groups is 1. The minimum atomic E-state index is -0.638. The van der Waals surface area contributed by atoms with Crippen molar-refractivity contribution in [2.24, 2.45) is 0 Å². The second-order valence-corrected chi connectivity index (χ2v) is 6.45. The van der Waals surface area contributed by atoms with Gasteiger partial charge < -0.3 is 10.1 Å². The van der Waals surface area contributed by atoms with Crippen molar-refractivity contribution in [3.8, 4) is 5.75 Å². The Bertz CT molecular complexity index is 906. The maximum atomic E-state index is 12.6. The molecular weight excluding hydrogens is 357 g/mol. The fourth-order valence-corrected chi connectivity index (χ4v) is 2.92. The van der Waals surface area contributed by atoms with Crippen molar-refractivity contribution in [1.29, 1.82) is 0 Å². The molecule has 0 aliphatic rings. The molecule has 0 fully saturated rings. The lowest BCUT2D eigenvalue weighted by atomic mass is 10.1. The molecule has 3 nitrogen and oxygen atoms in total. The van der Waals surface area contributed by atoms with Crippen molar-refractivity contribution >= 4 is 45.6 Å². The number of hydrogen-bond acceptors (Lipinski definition) is 2. The lowest BCUT2D eigenvalue weighted by Crippen LogP contribution is -2.32. The summed E-state index contributed by atoms with van der Waals surface area (Å²) in [4.78, 5) is 12.6. The Morgan fingerprint density at radius 1 is 1.08 bits per heavy atom. The monoisotopic (exact) mass is 373 g/mol. The molecule has 3 rings (SSSR count). The lowest BCUT2D eigenvalue weighted by Gasteiger charge is -2.19. The molecule has 1 atom stereocenters. The number of halogens is 2. The quantitative estimate of drug-likeness (QED) is 0.600. The van der Waals surface area contributed by atoms with Gasteiger partial charge >= 0.3 is 0 Å². The number of fused-ring (bicyclic) bond motifs is 1. The Hall–Kier alpha value is -2.23. The van der Waals surface area contributed by atoms with Gasteiger partial charge in [0.05, 0.1) is 10.7 Å². The molecule has 5 heteroatoms. The summed E-state index contributed by atoms with van der Waals surface area (Å²) >= 11 is 12.1. The average molecular weight is 374 g/mol. The molecule has 0 aliphatic carbocycles. The largest absolute Gasteiger partial charge is 0.480 e. The van der Waals surface area contributed by atoms with E-state index in [-0.39, 0.29) is 5.91 Å². The third-order valence-corrected chi connectivity index (χ3v) is 4.43. The molecule has 0 radical (unpaired) electrons. The fourth-order valence-electron chi connectivity index (χ4n) is 2.58. The number of ether oxygens (including phenoxy) is 1. The summed E-state index contributed by atoms with van der Waals surface area (Å²) in [5.41, 5.74) is 0.471. The Labute approximate surface area is 156 Å². The first kappa shape index (κ1) is 17.6. The molecule has 1 N–H and O–H groups in total. The van der Waals surface area contributed by atoms with Gasteiger partial charge in [-0.1, -0.05) is 66.5 Å². The molecule has 3 aromatic rings. The second-order valence-electron chi connectivity index (χ2n) is 5.61. The molecule has 1 amide bonds. The van der Waals surface area contributed by atoms with E-state index in [4.69, 9.17) is 27.9 Å². The fraction of sp³-hybridized carbons (Fsp3) is 0.150. The Morgan fingerprint density at radius 2 is 1.84 bits per heavy atom. The molecule has 3 aromatic carbocycles. The van der Waals surface area contributed by atoms with Gasteiger partial charge in [-0.2, -0.15) is 0 Å². The molecule has 0 saturated carbocycles. The van der Waals surface area contributed by atoms with Crippen LogP contribution in [0.2, 0.25) is 10.0 Å².